The van der Waals surface area contributed by atoms with Crippen molar-refractivity contribution < 1.29 is 45.1 Å². The molecule has 0 aromatic heterocycles. The smallest absolute Gasteiger partial charge is 0.188 e. The topological polar surface area (TPSA) is 145 Å². The summed E-state index contributed by atoms with van der Waals surface area (Å²) in [4.78, 5) is 9.07. The van der Waals surface area contributed by atoms with Crippen molar-refractivity contribution in [2.45, 2.75) is 44.1 Å². The summed E-state index contributed by atoms with van der Waals surface area (Å²) < 4.78 is 10.2. The number of nitrogens with zero attached hydrogens (tertiary/aromatic N) is 2. The molecule has 5 N–H and O–H groups in total. The second-order valence-corrected chi connectivity index (χ2v) is 3.82. The van der Waals surface area contributed by atoms with E-state index >= 15 is 0 Å². The van der Waals surface area contributed by atoms with Gasteiger partial charge in [-0.15, -0.1) is 0 Å². The molecule has 5 atom stereocenters. The highest BCUT2D eigenvalue weighted by atomic mass is 17.1. The number of aliphatic hydroxyl groups excluding tert-OH is 1. The molecule has 0 spiro atoms. The van der Waals surface area contributed by atoms with Crippen molar-refractivity contribution in [3.63, 3.8) is 0 Å². The molecule has 0 aliphatic carbocycles. The van der Waals surface area contributed by atoms with Crippen LogP contribution >= 0.6 is 0 Å². The molecule has 1 fully saturated rings. The van der Waals surface area contributed by atoms with Crippen molar-refractivity contribution in [1.29, 1.82) is 0 Å². The second kappa shape index (κ2) is 7.37. The highest BCUT2D eigenvalue weighted by Crippen LogP contribution is 2.28. The molecule has 19 heavy (non-hydrogen) atoms. The van der Waals surface area contributed by atoms with Gasteiger partial charge >= 0.3 is 0 Å². The van der Waals surface area contributed by atoms with Gasteiger partial charge in [-0.1, -0.05) is 6.92 Å². The zero-order valence-electron chi connectivity index (χ0n) is 10.4. The molecule has 0 bridgehead atoms. The Labute approximate surface area is 108 Å². The maximum absolute atomic E-state index is 9.96. The Balaban J connectivity index is 2.90. The molecule has 1 aliphatic heterocycles. The molecule has 0 radical (unpaired) electrons. The van der Waals surface area contributed by atoms with Gasteiger partial charge in [0.2, 0.25) is 0 Å². The summed E-state index contributed by atoms with van der Waals surface area (Å²) in [5.74, 6) is 0. The molecule has 0 unspecified atom stereocenters. The van der Waals surface area contributed by atoms with Crippen molar-refractivity contribution in [1.82, 2.24) is 10.8 Å². The zero-order valence-corrected chi connectivity index (χ0v) is 10.4. The maximum atomic E-state index is 9.96. The Hall–Kier alpha value is -0.440. The average molecular weight is 286 g/mol. The summed E-state index contributed by atoms with van der Waals surface area (Å²) in [6.07, 6.45) is -5.52. The van der Waals surface area contributed by atoms with Gasteiger partial charge in [0, 0.05) is 7.11 Å². The van der Waals surface area contributed by atoms with Crippen LogP contribution in [0.15, 0.2) is 0 Å². The SMILES string of the molecule is CC[C@H]1O[C@H](OC)[C@H](ON(O)O)[C@@H](ON(O)O)[C@@H]1O. The summed E-state index contributed by atoms with van der Waals surface area (Å²) in [6, 6.07) is 0. The number of hydrogen-bond donors (Lipinski definition) is 5. The molecule has 11 heteroatoms. The van der Waals surface area contributed by atoms with Gasteiger partial charge in [0.25, 0.3) is 0 Å². The minimum Gasteiger partial charge on any atom is -0.387 e. The number of rotatable bonds is 6. The first-order valence-electron chi connectivity index (χ1n) is 5.46. The van der Waals surface area contributed by atoms with Gasteiger partial charge in [0.1, 0.15) is 12.2 Å². The van der Waals surface area contributed by atoms with Gasteiger partial charge in [-0.2, -0.15) is 0 Å². The Kier molecular flexibility index (Phi) is 6.45. The standard InChI is InChI=1S/C8H18N2O9/c1-3-4-5(11)6(18-9(12)13)7(19-10(14)15)8(16-2)17-4/h4-8,11-15H,3H2,1-2H3/t4-,5-,6+,7-,8+/m1/s1. The second-order valence-electron chi connectivity index (χ2n) is 3.82. The van der Waals surface area contributed by atoms with Crippen LogP contribution in [0.2, 0.25) is 0 Å². The average Bonchev–Trinajstić information content (AvgIpc) is 2.33. The summed E-state index contributed by atoms with van der Waals surface area (Å²) in [5, 5.41) is 43.4. The van der Waals surface area contributed by atoms with E-state index in [4.69, 9.17) is 30.3 Å². The molecule has 0 saturated carbocycles. The van der Waals surface area contributed by atoms with E-state index in [0.29, 0.717) is 6.42 Å². The number of aliphatic hydroxyl groups is 1. The largest absolute Gasteiger partial charge is 0.387 e. The third-order valence-corrected chi connectivity index (χ3v) is 2.69. The summed E-state index contributed by atoms with van der Waals surface area (Å²) >= 11 is 0. The lowest BCUT2D eigenvalue weighted by Gasteiger charge is -2.42. The van der Waals surface area contributed by atoms with Crippen LogP contribution < -0.4 is 0 Å². The van der Waals surface area contributed by atoms with Gasteiger partial charge in [-0.25, -0.2) is 9.68 Å². The maximum Gasteiger partial charge on any atom is 0.188 e. The fourth-order valence-corrected chi connectivity index (χ4v) is 1.87. The fourth-order valence-electron chi connectivity index (χ4n) is 1.87. The van der Waals surface area contributed by atoms with Crippen LogP contribution in [0.5, 0.6) is 0 Å². The molecule has 0 aromatic carbocycles. The van der Waals surface area contributed by atoms with E-state index in [9.17, 15) is 5.11 Å². The van der Waals surface area contributed by atoms with Crippen LogP contribution in [0.3, 0.4) is 0 Å². The zero-order chi connectivity index (χ0) is 14.6. The number of hydrogen-bond acceptors (Lipinski definition) is 11. The fraction of sp³-hybridized carbons (Fsp3) is 1.00. The Bertz CT molecular complexity index is 267. The van der Waals surface area contributed by atoms with Crippen molar-refractivity contribution in [2.75, 3.05) is 7.11 Å². The van der Waals surface area contributed by atoms with Crippen LogP contribution in [-0.2, 0) is 19.1 Å². The first-order chi connectivity index (χ1) is 8.90. The Morgan fingerprint density at radius 3 is 2.00 bits per heavy atom. The molecule has 114 valence electrons. The monoisotopic (exact) mass is 286 g/mol. The van der Waals surface area contributed by atoms with Gasteiger partial charge in [-0.05, 0) is 6.42 Å². The molecule has 1 aliphatic rings. The predicted octanol–water partition coefficient (Wildman–Crippen LogP) is -1.11. The quantitative estimate of drug-likeness (QED) is 0.379. The van der Waals surface area contributed by atoms with Gasteiger partial charge in [-0.3, -0.25) is 20.8 Å². The first kappa shape index (κ1) is 16.6. The van der Waals surface area contributed by atoms with Crippen molar-refractivity contribution in [2.24, 2.45) is 0 Å². The third kappa shape index (κ3) is 4.27. The Morgan fingerprint density at radius 1 is 1.05 bits per heavy atom. The van der Waals surface area contributed by atoms with Crippen LogP contribution in [0.25, 0.3) is 0 Å². The van der Waals surface area contributed by atoms with Gasteiger partial charge in [0.05, 0.1) is 16.9 Å². The molecular formula is C8H18N2O9. The highest BCUT2D eigenvalue weighted by Gasteiger charge is 2.49. The van der Waals surface area contributed by atoms with E-state index in [1.54, 1.807) is 6.92 Å². The van der Waals surface area contributed by atoms with Crippen LogP contribution in [0.4, 0.5) is 0 Å². The lowest BCUT2D eigenvalue weighted by molar-refractivity contribution is -0.557. The lowest BCUT2D eigenvalue weighted by Crippen LogP contribution is -2.61. The van der Waals surface area contributed by atoms with Crippen LogP contribution in [0.1, 0.15) is 13.3 Å². The van der Waals surface area contributed by atoms with E-state index in [1.807, 2.05) is 0 Å². The molecule has 0 aromatic rings. The minimum atomic E-state index is -1.37. The van der Waals surface area contributed by atoms with Gasteiger partial charge < -0.3 is 14.6 Å². The number of ether oxygens (including phenoxy) is 2. The first-order valence-corrected chi connectivity index (χ1v) is 5.46. The molecule has 11 nitrogen and oxygen atoms in total. The van der Waals surface area contributed by atoms with E-state index in [0.717, 1.165) is 0 Å². The summed E-state index contributed by atoms with van der Waals surface area (Å²) in [6.45, 7) is 1.72. The van der Waals surface area contributed by atoms with Crippen molar-refractivity contribution >= 4 is 0 Å². The van der Waals surface area contributed by atoms with Crippen LogP contribution in [-0.4, -0.2) is 74.5 Å². The van der Waals surface area contributed by atoms with Crippen molar-refractivity contribution in [3.8, 4) is 0 Å². The van der Waals surface area contributed by atoms with E-state index in [1.165, 1.54) is 7.11 Å². The molecular weight excluding hydrogens is 268 g/mol. The third-order valence-electron chi connectivity index (χ3n) is 2.69. The number of methoxy groups -OCH3 is 1. The molecule has 0 amide bonds. The van der Waals surface area contributed by atoms with E-state index < -0.39 is 41.5 Å². The van der Waals surface area contributed by atoms with Gasteiger partial charge in [0.15, 0.2) is 12.4 Å². The van der Waals surface area contributed by atoms with Crippen LogP contribution in [0, 0.1) is 0 Å². The Morgan fingerprint density at radius 2 is 1.58 bits per heavy atom. The van der Waals surface area contributed by atoms with E-state index in [-0.39, 0.29) is 0 Å². The predicted molar refractivity (Wildman–Crippen MR) is 52.5 cm³/mol. The van der Waals surface area contributed by atoms with E-state index in [2.05, 4.69) is 9.68 Å². The summed E-state index contributed by atoms with van der Waals surface area (Å²) in [5.41, 5.74) is 0. The van der Waals surface area contributed by atoms with Crippen molar-refractivity contribution in [3.05, 3.63) is 0 Å². The molecule has 1 saturated heterocycles. The molecule has 1 heterocycles. The lowest BCUT2D eigenvalue weighted by atomic mass is 9.97. The molecule has 1 rings (SSSR count). The minimum absolute atomic E-state index is 0.381. The normalized spacial score (nSPS) is 36.2. The summed E-state index contributed by atoms with van der Waals surface area (Å²) in [7, 11) is 1.26. The highest BCUT2D eigenvalue weighted by molar-refractivity contribution is 4.90.